The van der Waals surface area contributed by atoms with Crippen molar-refractivity contribution in [2.45, 2.75) is 13.5 Å². The lowest BCUT2D eigenvalue weighted by atomic mass is 10.1. The second-order valence-corrected chi connectivity index (χ2v) is 7.89. The summed E-state index contributed by atoms with van der Waals surface area (Å²) < 4.78 is 24.9. The van der Waals surface area contributed by atoms with Gasteiger partial charge < -0.3 is 4.90 Å². The zero-order valence-electron chi connectivity index (χ0n) is 12.7. The van der Waals surface area contributed by atoms with Crippen LogP contribution in [-0.4, -0.2) is 32.5 Å². The smallest absolute Gasteiger partial charge is 0.253 e. The van der Waals surface area contributed by atoms with Crippen LogP contribution in [0, 0.1) is 6.92 Å². The number of carbonyl (C=O) groups is 1. The Morgan fingerprint density at radius 1 is 1.32 bits per heavy atom. The van der Waals surface area contributed by atoms with Crippen LogP contribution in [-0.2, 0) is 16.6 Å². The van der Waals surface area contributed by atoms with Gasteiger partial charge in [-0.25, -0.2) is 8.42 Å². The maximum Gasteiger partial charge on any atom is 0.253 e. The van der Waals surface area contributed by atoms with Crippen LogP contribution in [0.1, 0.15) is 20.8 Å². The Hall–Kier alpha value is -1.86. The average Bonchev–Trinajstić information content (AvgIpc) is 2.82. The number of benzene rings is 1. The third kappa shape index (κ3) is 4.32. The number of rotatable bonds is 5. The Morgan fingerprint density at radius 3 is 2.64 bits per heavy atom. The van der Waals surface area contributed by atoms with Gasteiger partial charge in [0.2, 0.25) is 10.0 Å². The number of hydrogen-bond acceptors (Lipinski definition) is 4. The fourth-order valence-corrected chi connectivity index (χ4v) is 3.52. The van der Waals surface area contributed by atoms with E-state index in [-0.39, 0.29) is 5.91 Å². The van der Waals surface area contributed by atoms with Crippen LogP contribution >= 0.6 is 11.3 Å². The number of sulfonamides is 1. The number of nitrogens with zero attached hydrogens (tertiary/aromatic N) is 1. The minimum Gasteiger partial charge on any atom is -0.337 e. The molecule has 0 spiro atoms. The van der Waals surface area contributed by atoms with Crippen LogP contribution in [0.2, 0.25) is 0 Å². The van der Waals surface area contributed by atoms with E-state index in [1.165, 1.54) is 0 Å². The number of carbonyl (C=O) groups excluding carboxylic acids is 1. The Morgan fingerprint density at radius 2 is 2.05 bits per heavy atom. The molecule has 0 radical (unpaired) electrons. The SMILES string of the molecule is Cc1ccsc1CN(C)C(=O)c1cccc(NS(C)(=O)=O)c1. The first-order valence-electron chi connectivity index (χ1n) is 6.62. The van der Waals surface area contributed by atoms with Gasteiger partial charge in [-0.3, -0.25) is 9.52 Å². The molecule has 0 aliphatic carbocycles. The molecule has 118 valence electrons. The summed E-state index contributed by atoms with van der Waals surface area (Å²) in [4.78, 5) is 15.2. The second-order valence-electron chi connectivity index (χ2n) is 5.14. The van der Waals surface area contributed by atoms with Crippen LogP contribution in [0.3, 0.4) is 0 Å². The van der Waals surface area contributed by atoms with E-state index in [2.05, 4.69) is 4.72 Å². The molecule has 5 nitrogen and oxygen atoms in total. The van der Waals surface area contributed by atoms with Gasteiger partial charge in [0.05, 0.1) is 12.8 Å². The van der Waals surface area contributed by atoms with Gasteiger partial charge >= 0.3 is 0 Å². The van der Waals surface area contributed by atoms with Gasteiger partial charge in [0, 0.05) is 23.2 Å². The molecule has 1 N–H and O–H groups in total. The minimum absolute atomic E-state index is 0.148. The summed E-state index contributed by atoms with van der Waals surface area (Å²) in [5, 5.41) is 2.00. The number of anilines is 1. The summed E-state index contributed by atoms with van der Waals surface area (Å²) in [6.45, 7) is 2.55. The first-order valence-corrected chi connectivity index (χ1v) is 9.39. The van der Waals surface area contributed by atoms with Gasteiger partial charge in [0.25, 0.3) is 5.91 Å². The molecule has 0 bridgehead atoms. The molecule has 2 aromatic rings. The molecule has 0 unspecified atom stereocenters. The Balaban J connectivity index is 2.15. The molecule has 0 saturated carbocycles. The zero-order chi connectivity index (χ0) is 16.3. The van der Waals surface area contributed by atoms with E-state index in [4.69, 9.17) is 0 Å². The number of amides is 1. The number of hydrogen-bond donors (Lipinski definition) is 1. The van der Waals surface area contributed by atoms with E-state index >= 15 is 0 Å². The molecule has 0 atom stereocenters. The largest absolute Gasteiger partial charge is 0.337 e. The highest BCUT2D eigenvalue weighted by molar-refractivity contribution is 7.92. The van der Waals surface area contributed by atoms with Gasteiger partial charge in [-0.05, 0) is 42.1 Å². The average molecular weight is 338 g/mol. The molecule has 0 saturated heterocycles. The quantitative estimate of drug-likeness (QED) is 0.911. The van der Waals surface area contributed by atoms with E-state index in [9.17, 15) is 13.2 Å². The predicted octanol–water partition coefficient (Wildman–Crippen LogP) is 2.70. The van der Waals surface area contributed by atoms with Crippen molar-refractivity contribution in [3.05, 3.63) is 51.7 Å². The Kier molecular flexibility index (Phi) is 4.87. The van der Waals surface area contributed by atoms with Gasteiger partial charge in [0.15, 0.2) is 0 Å². The van der Waals surface area contributed by atoms with Crippen LogP contribution < -0.4 is 4.72 Å². The lowest BCUT2D eigenvalue weighted by Crippen LogP contribution is -2.26. The van der Waals surface area contributed by atoms with E-state index in [0.717, 1.165) is 16.7 Å². The zero-order valence-corrected chi connectivity index (χ0v) is 14.3. The molecule has 0 aliphatic rings. The van der Waals surface area contributed by atoms with Crippen molar-refractivity contribution < 1.29 is 13.2 Å². The molecular formula is C15H18N2O3S2. The molecule has 0 aliphatic heterocycles. The molecule has 22 heavy (non-hydrogen) atoms. The second kappa shape index (κ2) is 6.50. The maximum absolute atomic E-state index is 12.5. The first kappa shape index (κ1) is 16.5. The van der Waals surface area contributed by atoms with Gasteiger partial charge in [0.1, 0.15) is 0 Å². The third-order valence-electron chi connectivity index (χ3n) is 3.11. The predicted molar refractivity (Wildman–Crippen MR) is 89.8 cm³/mol. The molecule has 1 heterocycles. The van der Waals surface area contributed by atoms with Crippen molar-refractivity contribution in [2.24, 2.45) is 0 Å². The molecule has 1 aromatic heterocycles. The number of nitrogens with one attached hydrogen (secondary N) is 1. The fraction of sp³-hybridized carbons (Fsp3) is 0.267. The normalized spacial score (nSPS) is 11.2. The summed E-state index contributed by atoms with van der Waals surface area (Å²) in [5.74, 6) is -0.148. The van der Waals surface area contributed by atoms with E-state index in [0.29, 0.717) is 17.8 Å². The van der Waals surface area contributed by atoms with Crippen molar-refractivity contribution in [3.63, 3.8) is 0 Å². The van der Waals surface area contributed by atoms with Crippen LogP contribution in [0.15, 0.2) is 35.7 Å². The highest BCUT2D eigenvalue weighted by Gasteiger charge is 2.14. The monoisotopic (exact) mass is 338 g/mol. The van der Waals surface area contributed by atoms with Gasteiger partial charge in [-0.15, -0.1) is 11.3 Å². The van der Waals surface area contributed by atoms with E-state index < -0.39 is 10.0 Å². The van der Waals surface area contributed by atoms with Crippen LogP contribution in [0.4, 0.5) is 5.69 Å². The topological polar surface area (TPSA) is 66.5 Å². The van der Waals surface area contributed by atoms with Gasteiger partial charge in [-0.1, -0.05) is 6.07 Å². The van der Waals surface area contributed by atoms with Crippen LogP contribution in [0.25, 0.3) is 0 Å². The van der Waals surface area contributed by atoms with E-state index in [1.807, 2.05) is 18.4 Å². The van der Waals surface area contributed by atoms with Crippen molar-refractivity contribution >= 4 is 33.0 Å². The molecule has 1 aromatic carbocycles. The standard InChI is InChI=1S/C15H18N2O3S2/c1-11-7-8-21-14(11)10-17(2)15(18)12-5-4-6-13(9-12)16-22(3,19)20/h4-9,16H,10H2,1-3H3. The highest BCUT2D eigenvalue weighted by Crippen LogP contribution is 2.19. The summed E-state index contributed by atoms with van der Waals surface area (Å²) >= 11 is 1.62. The molecule has 1 amide bonds. The summed E-state index contributed by atoms with van der Waals surface area (Å²) in [7, 11) is -1.63. The van der Waals surface area contributed by atoms with Crippen molar-refractivity contribution in [1.82, 2.24) is 4.90 Å². The lowest BCUT2D eigenvalue weighted by molar-refractivity contribution is 0.0786. The van der Waals surface area contributed by atoms with Gasteiger partial charge in [-0.2, -0.15) is 0 Å². The Labute approximate surface area is 134 Å². The summed E-state index contributed by atoms with van der Waals surface area (Å²) in [6, 6.07) is 8.51. The molecule has 2 rings (SSSR count). The van der Waals surface area contributed by atoms with E-state index in [1.54, 1.807) is 47.5 Å². The lowest BCUT2D eigenvalue weighted by Gasteiger charge is -2.17. The number of aryl methyl sites for hydroxylation is 1. The van der Waals surface area contributed by atoms with Crippen molar-refractivity contribution in [2.75, 3.05) is 18.0 Å². The molecular weight excluding hydrogens is 320 g/mol. The number of thiophene rings is 1. The first-order chi connectivity index (χ1) is 10.3. The summed E-state index contributed by atoms with van der Waals surface area (Å²) in [5.41, 5.74) is 2.00. The summed E-state index contributed by atoms with van der Waals surface area (Å²) in [6.07, 6.45) is 1.08. The highest BCUT2D eigenvalue weighted by atomic mass is 32.2. The molecule has 7 heteroatoms. The Bertz CT molecular complexity index is 782. The molecule has 0 fully saturated rings. The minimum atomic E-state index is -3.36. The van der Waals surface area contributed by atoms with Crippen molar-refractivity contribution in [1.29, 1.82) is 0 Å². The maximum atomic E-state index is 12.5. The van der Waals surface area contributed by atoms with Crippen LogP contribution in [0.5, 0.6) is 0 Å². The fourth-order valence-electron chi connectivity index (χ4n) is 2.00. The van der Waals surface area contributed by atoms with Crippen molar-refractivity contribution in [3.8, 4) is 0 Å². The third-order valence-corrected chi connectivity index (χ3v) is 4.72.